The molecule has 25 heavy (non-hydrogen) atoms. The summed E-state index contributed by atoms with van der Waals surface area (Å²) in [5, 5.41) is 0. The van der Waals surface area contributed by atoms with Crippen LogP contribution in [0.15, 0.2) is 30.3 Å². The molecule has 1 aromatic carbocycles. The number of hydrogen-bond acceptors (Lipinski definition) is 5. The minimum absolute atomic E-state index is 0.0891. The monoisotopic (exact) mass is 348 g/mol. The van der Waals surface area contributed by atoms with Gasteiger partial charge < -0.3 is 4.74 Å². The molecule has 0 amide bonds. The van der Waals surface area contributed by atoms with E-state index in [0.29, 0.717) is 5.56 Å². The van der Waals surface area contributed by atoms with Crippen molar-refractivity contribution in [2.24, 2.45) is 0 Å². The van der Waals surface area contributed by atoms with Gasteiger partial charge in [0, 0.05) is 5.56 Å². The minimum atomic E-state index is -1.06. The maximum atomic E-state index is 12.5. The summed E-state index contributed by atoms with van der Waals surface area (Å²) in [4.78, 5) is 35.5. The third-order valence-electron chi connectivity index (χ3n) is 3.98. The molecule has 5 heteroatoms. The van der Waals surface area contributed by atoms with Crippen LogP contribution in [-0.2, 0) is 19.3 Å². The van der Waals surface area contributed by atoms with Crippen molar-refractivity contribution in [2.75, 3.05) is 0 Å². The molecule has 0 aromatic heterocycles. The highest BCUT2D eigenvalue weighted by Gasteiger charge is 2.30. The highest BCUT2D eigenvalue weighted by molar-refractivity contribution is 5.98. The Labute approximate surface area is 149 Å². The van der Waals surface area contributed by atoms with E-state index in [-0.39, 0.29) is 18.3 Å². The van der Waals surface area contributed by atoms with Crippen molar-refractivity contribution >= 4 is 11.8 Å². The molecule has 1 aliphatic rings. The summed E-state index contributed by atoms with van der Waals surface area (Å²) in [6.07, 6.45) is 3.77. The number of hydrogen-bond donors (Lipinski definition) is 0. The van der Waals surface area contributed by atoms with E-state index in [1.54, 1.807) is 24.3 Å². The second-order valence-corrected chi connectivity index (χ2v) is 7.47. The first kappa shape index (κ1) is 19.6. The number of ketones is 1. The molecule has 1 aromatic rings. The summed E-state index contributed by atoms with van der Waals surface area (Å²) >= 11 is 0. The lowest BCUT2D eigenvalue weighted by atomic mass is 9.97. The van der Waals surface area contributed by atoms with Gasteiger partial charge in [-0.3, -0.25) is 4.79 Å². The van der Waals surface area contributed by atoms with Crippen molar-refractivity contribution in [1.29, 1.82) is 0 Å². The van der Waals surface area contributed by atoms with Crippen molar-refractivity contribution in [3.63, 3.8) is 0 Å². The van der Waals surface area contributed by atoms with Crippen LogP contribution in [0.5, 0.6) is 0 Å². The fourth-order valence-corrected chi connectivity index (χ4v) is 2.69. The van der Waals surface area contributed by atoms with E-state index in [1.807, 2.05) is 26.8 Å². The fraction of sp³-hybridized carbons (Fsp3) is 0.600. The molecule has 1 saturated carbocycles. The Morgan fingerprint density at radius 3 is 2.32 bits per heavy atom. The van der Waals surface area contributed by atoms with Crippen molar-refractivity contribution in [3.8, 4) is 0 Å². The van der Waals surface area contributed by atoms with Gasteiger partial charge in [0.15, 0.2) is 11.9 Å². The van der Waals surface area contributed by atoms with Crippen LogP contribution in [0.2, 0.25) is 0 Å². The Hall–Kier alpha value is -1.72. The van der Waals surface area contributed by atoms with Crippen LogP contribution in [0, 0.1) is 0 Å². The highest BCUT2D eigenvalue weighted by Crippen LogP contribution is 2.22. The number of benzene rings is 1. The Morgan fingerprint density at radius 2 is 1.72 bits per heavy atom. The zero-order valence-corrected chi connectivity index (χ0v) is 15.3. The molecular formula is C20H28O5. The summed E-state index contributed by atoms with van der Waals surface area (Å²) in [6.45, 7) is 5.45. The molecule has 0 spiro atoms. The van der Waals surface area contributed by atoms with Crippen molar-refractivity contribution in [1.82, 2.24) is 0 Å². The molecule has 0 N–H and O–H groups in total. The van der Waals surface area contributed by atoms with Gasteiger partial charge in [-0.1, -0.05) is 36.8 Å². The summed E-state index contributed by atoms with van der Waals surface area (Å²) in [5.41, 5.74) is -0.0450. The zero-order chi connectivity index (χ0) is 18.3. The Balaban J connectivity index is 2.00. The molecule has 1 atom stereocenters. The Kier molecular flexibility index (Phi) is 7.14. The molecule has 1 unspecified atom stereocenters. The largest absolute Gasteiger partial charge is 0.460 e. The first-order valence-corrected chi connectivity index (χ1v) is 8.98. The molecular weight excluding hydrogens is 320 g/mol. The van der Waals surface area contributed by atoms with Crippen molar-refractivity contribution < 1.29 is 24.1 Å². The number of carbonyl (C=O) groups excluding carboxylic acids is 2. The summed E-state index contributed by atoms with van der Waals surface area (Å²) in [7, 11) is 0. The highest BCUT2D eigenvalue weighted by atomic mass is 17.2. The maximum Gasteiger partial charge on any atom is 0.339 e. The van der Waals surface area contributed by atoms with Crippen LogP contribution in [0.25, 0.3) is 0 Å². The van der Waals surface area contributed by atoms with Gasteiger partial charge in [0.2, 0.25) is 0 Å². The summed E-state index contributed by atoms with van der Waals surface area (Å²) in [6, 6.07) is 8.85. The lowest BCUT2D eigenvalue weighted by Gasteiger charge is -2.26. The number of carbonyl (C=O) groups is 2. The third kappa shape index (κ3) is 6.96. The number of ether oxygens (including phenoxy) is 1. The van der Waals surface area contributed by atoms with Crippen LogP contribution in [0.1, 0.15) is 69.7 Å². The summed E-state index contributed by atoms with van der Waals surface area (Å²) < 4.78 is 5.56. The molecule has 138 valence electrons. The number of Topliss-reactive ketones (excluding diaryl/α,β-unsaturated/α-hetero) is 1. The second kappa shape index (κ2) is 9.11. The van der Waals surface area contributed by atoms with Gasteiger partial charge in [0.25, 0.3) is 0 Å². The standard InChI is InChI=1S/C20H28O5/c1-20(2,3)25-24-18(14-17(21)15-10-6-4-7-11-15)19(22)23-16-12-8-5-9-13-16/h4,6-7,10-11,16,18H,5,8-9,12-14H2,1-3H3. The first-order chi connectivity index (χ1) is 11.8. The maximum absolute atomic E-state index is 12.5. The van der Waals surface area contributed by atoms with E-state index in [0.717, 1.165) is 25.7 Å². The van der Waals surface area contributed by atoms with E-state index in [9.17, 15) is 9.59 Å². The van der Waals surface area contributed by atoms with E-state index < -0.39 is 17.7 Å². The average molecular weight is 348 g/mol. The van der Waals surface area contributed by atoms with Gasteiger partial charge in [-0.2, -0.15) is 0 Å². The molecule has 0 saturated heterocycles. The van der Waals surface area contributed by atoms with E-state index >= 15 is 0 Å². The smallest absolute Gasteiger partial charge is 0.339 e. The van der Waals surface area contributed by atoms with Crippen LogP contribution < -0.4 is 0 Å². The zero-order valence-electron chi connectivity index (χ0n) is 15.3. The quantitative estimate of drug-likeness (QED) is 0.319. The molecule has 1 fully saturated rings. The fourth-order valence-electron chi connectivity index (χ4n) is 2.69. The predicted octanol–water partition coefficient (Wildman–Crippen LogP) is 4.25. The van der Waals surface area contributed by atoms with Crippen molar-refractivity contribution in [2.45, 2.75) is 77.1 Å². The molecule has 5 nitrogen and oxygen atoms in total. The number of rotatable bonds is 7. The van der Waals surface area contributed by atoms with Gasteiger partial charge in [-0.15, -0.1) is 0 Å². The van der Waals surface area contributed by atoms with Gasteiger partial charge in [0.05, 0.1) is 12.0 Å². The average Bonchev–Trinajstić information content (AvgIpc) is 2.59. The number of esters is 1. The van der Waals surface area contributed by atoms with Crippen molar-refractivity contribution in [3.05, 3.63) is 35.9 Å². The molecule has 1 aliphatic carbocycles. The third-order valence-corrected chi connectivity index (χ3v) is 3.98. The van der Waals surface area contributed by atoms with Gasteiger partial charge in [-0.25, -0.2) is 14.6 Å². The molecule has 0 heterocycles. The molecule has 0 radical (unpaired) electrons. The minimum Gasteiger partial charge on any atom is -0.460 e. The predicted molar refractivity (Wildman–Crippen MR) is 94.1 cm³/mol. The van der Waals surface area contributed by atoms with E-state index in [1.165, 1.54) is 6.42 Å². The molecule has 2 rings (SSSR count). The van der Waals surface area contributed by atoms with Gasteiger partial charge in [0.1, 0.15) is 6.10 Å². The lowest BCUT2D eigenvalue weighted by Crippen LogP contribution is -2.35. The van der Waals surface area contributed by atoms with Gasteiger partial charge >= 0.3 is 5.97 Å². The second-order valence-electron chi connectivity index (χ2n) is 7.47. The first-order valence-electron chi connectivity index (χ1n) is 8.98. The van der Waals surface area contributed by atoms with Gasteiger partial charge in [-0.05, 0) is 46.5 Å². The SMILES string of the molecule is CC(C)(C)OOC(CC(=O)c1ccccc1)C(=O)OC1CCCCC1. The normalized spacial score (nSPS) is 17.1. The Morgan fingerprint density at radius 1 is 1.08 bits per heavy atom. The Bertz CT molecular complexity index is 555. The topological polar surface area (TPSA) is 61.8 Å². The summed E-state index contributed by atoms with van der Waals surface area (Å²) in [5.74, 6) is -0.705. The molecule has 0 bridgehead atoms. The van der Waals surface area contributed by atoms with E-state index in [2.05, 4.69) is 0 Å². The lowest BCUT2D eigenvalue weighted by molar-refractivity contribution is -0.367. The van der Waals surface area contributed by atoms with Crippen LogP contribution in [0.3, 0.4) is 0 Å². The van der Waals surface area contributed by atoms with Crippen LogP contribution in [0.4, 0.5) is 0 Å². The van der Waals surface area contributed by atoms with Crippen LogP contribution in [-0.4, -0.2) is 29.6 Å². The van der Waals surface area contributed by atoms with Crippen LogP contribution >= 0.6 is 0 Å². The molecule has 0 aliphatic heterocycles. The van der Waals surface area contributed by atoms with E-state index in [4.69, 9.17) is 14.5 Å².